The number of methoxy groups -OCH3 is 2. The van der Waals surface area contributed by atoms with E-state index < -0.39 is 0 Å². The van der Waals surface area contributed by atoms with E-state index in [-0.39, 0.29) is 11.8 Å². The van der Waals surface area contributed by atoms with Crippen LogP contribution < -0.4 is 9.47 Å². The number of rotatable bonds is 4. The second-order valence-electron chi connectivity index (χ2n) is 7.29. The van der Waals surface area contributed by atoms with Crippen molar-refractivity contribution in [1.82, 2.24) is 9.55 Å². The summed E-state index contributed by atoms with van der Waals surface area (Å²) in [4.78, 5) is 2.69. The molecule has 5 rings (SSSR count). The van der Waals surface area contributed by atoms with Crippen LogP contribution in [0.1, 0.15) is 12.0 Å². The summed E-state index contributed by atoms with van der Waals surface area (Å²) in [6.45, 7) is 0.933. The third kappa shape index (κ3) is 2.56. The summed E-state index contributed by atoms with van der Waals surface area (Å²) in [7, 11) is 3.17. The average molecular weight is 390 g/mol. The number of aromatic nitrogens is 2. The fraction of sp³-hybridized carbons (Fsp3) is 0.217. The van der Waals surface area contributed by atoms with Crippen LogP contribution in [0.4, 0.5) is 0 Å². The Bertz CT molecular complexity index is 1240. The van der Waals surface area contributed by atoms with E-state index in [0.29, 0.717) is 28.2 Å². The monoisotopic (exact) mass is 390 g/mol. The summed E-state index contributed by atoms with van der Waals surface area (Å²) in [5.41, 5.74) is 5.05. The molecular weight excluding hydrogens is 368 g/mol. The summed E-state index contributed by atoms with van der Waals surface area (Å²) in [6.07, 6.45) is 4.19. The molecule has 0 aliphatic carbocycles. The van der Waals surface area contributed by atoms with Crippen molar-refractivity contribution in [1.29, 1.82) is 0 Å². The molecule has 0 unspecified atom stereocenters. The molecule has 2 aromatic carbocycles. The quantitative estimate of drug-likeness (QED) is 0.473. The molecule has 0 amide bonds. The molecule has 29 heavy (non-hydrogen) atoms. The van der Waals surface area contributed by atoms with Crippen molar-refractivity contribution in [3.8, 4) is 45.5 Å². The lowest BCUT2D eigenvalue weighted by Crippen LogP contribution is -2.05. The van der Waals surface area contributed by atoms with Gasteiger partial charge in [-0.25, -0.2) is 0 Å². The minimum Gasteiger partial charge on any atom is -0.497 e. The van der Waals surface area contributed by atoms with Gasteiger partial charge < -0.3 is 24.3 Å². The zero-order chi connectivity index (χ0) is 20.1. The van der Waals surface area contributed by atoms with Gasteiger partial charge in [0, 0.05) is 29.3 Å². The molecule has 6 nitrogen and oxygen atoms in total. The largest absolute Gasteiger partial charge is 0.497 e. The predicted molar refractivity (Wildman–Crippen MR) is 112 cm³/mol. The lowest BCUT2D eigenvalue weighted by molar-refractivity contribution is 0.404. The van der Waals surface area contributed by atoms with Gasteiger partial charge in [0.1, 0.15) is 11.5 Å². The predicted octanol–water partition coefficient (Wildman–Crippen LogP) is 4.68. The Morgan fingerprint density at radius 3 is 2.52 bits per heavy atom. The topological polar surface area (TPSA) is 79.6 Å². The number of aryl methyl sites for hydroxylation is 2. The zero-order valence-electron chi connectivity index (χ0n) is 16.3. The molecule has 148 valence electrons. The molecular formula is C23H22N2O4. The summed E-state index contributed by atoms with van der Waals surface area (Å²) >= 11 is 0. The molecule has 6 heteroatoms. The van der Waals surface area contributed by atoms with Gasteiger partial charge in [-0.15, -0.1) is 0 Å². The molecule has 1 aliphatic heterocycles. The van der Waals surface area contributed by atoms with Gasteiger partial charge in [0.15, 0.2) is 11.8 Å². The van der Waals surface area contributed by atoms with Crippen LogP contribution in [0.3, 0.4) is 0 Å². The van der Waals surface area contributed by atoms with E-state index in [2.05, 4.69) is 27.9 Å². The average Bonchev–Trinajstić information content (AvgIpc) is 3.25. The normalized spacial score (nSPS) is 13.0. The van der Waals surface area contributed by atoms with Crippen LogP contribution in [0.25, 0.3) is 33.2 Å². The van der Waals surface area contributed by atoms with Gasteiger partial charge in [0.2, 0.25) is 0 Å². The number of para-hydroxylation sites is 1. The van der Waals surface area contributed by atoms with Gasteiger partial charge in [-0.2, -0.15) is 0 Å². The van der Waals surface area contributed by atoms with E-state index in [4.69, 9.17) is 9.47 Å². The first-order valence-corrected chi connectivity index (χ1v) is 9.59. The third-order valence-electron chi connectivity index (χ3n) is 5.73. The molecule has 0 bridgehead atoms. The summed E-state index contributed by atoms with van der Waals surface area (Å²) in [5, 5.41) is 22.5. The Balaban J connectivity index is 1.83. The lowest BCUT2D eigenvalue weighted by Gasteiger charge is -2.14. The number of H-pyrrole nitrogens is 1. The van der Waals surface area contributed by atoms with Gasteiger partial charge in [-0.05, 0) is 36.6 Å². The number of ether oxygens (including phenoxy) is 2. The minimum absolute atomic E-state index is 0.0777. The van der Waals surface area contributed by atoms with Gasteiger partial charge in [-0.1, -0.05) is 18.2 Å². The van der Waals surface area contributed by atoms with Crippen molar-refractivity contribution in [3.05, 3.63) is 48.2 Å². The highest BCUT2D eigenvalue weighted by molar-refractivity contribution is 6.04. The van der Waals surface area contributed by atoms with Crippen molar-refractivity contribution < 1.29 is 19.7 Å². The molecule has 1 aliphatic rings. The van der Waals surface area contributed by atoms with E-state index in [1.165, 1.54) is 11.1 Å². The number of benzene rings is 2. The van der Waals surface area contributed by atoms with Gasteiger partial charge in [-0.3, -0.25) is 4.98 Å². The lowest BCUT2D eigenvalue weighted by atomic mass is 9.95. The number of hydrogen-bond donors (Lipinski definition) is 3. The van der Waals surface area contributed by atoms with Crippen molar-refractivity contribution in [2.45, 2.75) is 19.4 Å². The Kier molecular flexibility index (Phi) is 3.94. The van der Waals surface area contributed by atoms with Crippen LogP contribution in [0.2, 0.25) is 0 Å². The smallest absolute Gasteiger partial charge is 0.200 e. The maximum Gasteiger partial charge on any atom is 0.200 e. The first-order valence-electron chi connectivity index (χ1n) is 9.59. The Morgan fingerprint density at radius 1 is 0.966 bits per heavy atom. The molecule has 0 atom stereocenters. The van der Waals surface area contributed by atoms with E-state index in [1.54, 1.807) is 32.4 Å². The number of nitrogens with one attached hydrogen (secondary N) is 1. The van der Waals surface area contributed by atoms with Crippen molar-refractivity contribution in [3.63, 3.8) is 0 Å². The summed E-state index contributed by atoms with van der Waals surface area (Å²) in [6, 6.07) is 11.6. The van der Waals surface area contributed by atoms with E-state index >= 15 is 0 Å². The minimum atomic E-state index is -0.115. The fourth-order valence-corrected chi connectivity index (χ4v) is 4.46. The molecule has 0 saturated heterocycles. The van der Waals surface area contributed by atoms with E-state index in [0.717, 1.165) is 30.3 Å². The molecule has 0 spiro atoms. The van der Waals surface area contributed by atoms with Crippen molar-refractivity contribution >= 4 is 10.9 Å². The van der Waals surface area contributed by atoms with Crippen molar-refractivity contribution in [2.75, 3.05) is 14.2 Å². The Morgan fingerprint density at radius 2 is 1.76 bits per heavy atom. The maximum absolute atomic E-state index is 10.7. The maximum atomic E-state index is 10.7. The number of aromatic amines is 1. The highest BCUT2D eigenvalue weighted by Crippen LogP contribution is 2.50. The summed E-state index contributed by atoms with van der Waals surface area (Å²) in [5.74, 6) is 1.02. The number of nitrogens with zero attached hydrogens (tertiary/aromatic N) is 1. The van der Waals surface area contributed by atoms with Crippen molar-refractivity contribution in [2.24, 2.45) is 0 Å². The molecule has 4 aromatic rings. The van der Waals surface area contributed by atoms with E-state index in [1.807, 2.05) is 6.07 Å². The van der Waals surface area contributed by atoms with Crippen LogP contribution in [-0.4, -0.2) is 34.0 Å². The molecule has 0 radical (unpaired) electrons. The summed E-state index contributed by atoms with van der Waals surface area (Å²) < 4.78 is 13.1. The first-order chi connectivity index (χ1) is 14.1. The van der Waals surface area contributed by atoms with Gasteiger partial charge in [0.25, 0.3) is 0 Å². The van der Waals surface area contributed by atoms with E-state index in [9.17, 15) is 10.2 Å². The van der Waals surface area contributed by atoms with Crippen LogP contribution in [0.15, 0.2) is 42.6 Å². The number of hydrogen-bond acceptors (Lipinski definition) is 4. The number of aromatic hydroxyl groups is 2. The van der Waals surface area contributed by atoms with Gasteiger partial charge in [0.05, 0.1) is 30.9 Å². The standard InChI is InChI=1S/C23H22N2O4/c1-28-14-8-9-18(29-2)16(11-14)19-20(23(27)24-22(19)26)17-12-25-10-4-6-13-5-3-7-15(17)21(13)25/h3,5,7-9,11-12,24,26-27H,4,6,10H2,1-2H3. The zero-order valence-corrected chi connectivity index (χ0v) is 16.3. The fourth-order valence-electron chi connectivity index (χ4n) is 4.46. The first kappa shape index (κ1) is 17.6. The molecule has 0 saturated carbocycles. The molecule has 3 N–H and O–H groups in total. The molecule has 0 fully saturated rings. The van der Waals surface area contributed by atoms with Crippen LogP contribution in [-0.2, 0) is 13.0 Å². The van der Waals surface area contributed by atoms with Crippen LogP contribution in [0.5, 0.6) is 23.3 Å². The second-order valence-corrected chi connectivity index (χ2v) is 7.29. The molecule has 3 heterocycles. The third-order valence-corrected chi connectivity index (χ3v) is 5.73. The Hall–Kier alpha value is -3.54. The molecule has 2 aromatic heterocycles. The highest BCUT2D eigenvalue weighted by atomic mass is 16.5. The SMILES string of the molecule is COc1ccc(OC)c(-c2c(O)[nH]c(O)c2-c2cn3c4c(cccc24)CCC3)c1. The van der Waals surface area contributed by atoms with Crippen LogP contribution in [0, 0.1) is 0 Å². The second kappa shape index (κ2) is 6.51. The van der Waals surface area contributed by atoms with Crippen LogP contribution >= 0.6 is 0 Å². The van der Waals surface area contributed by atoms with Gasteiger partial charge >= 0.3 is 0 Å². The Labute approximate surface area is 167 Å². The highest BCUT2D eigenvalue weighted by Gasteiger charge is 2.27.